The molecule has 0 bridgehead atoms. The molecule has 0 aliphatic heterocycles. The molecule has 1 heterocycles. The summed E-state index contributed by atoms with van der Waals surface area (Å²) in [5, 5.41) is 0. The van der Waals surface area contributed by atoms with Gasteiger partial charge in [-0.05, 0) is 6.08 Å². The largest absolute Gasteiger partial charge is 0.253 e. The summed E-state index contributed by atoms with van der Waals surface area (Å²) >= 11 is 0. The van der Waals surface area contributed by atoms with Gasteiger partial charge in [-0.2, -0.15) is 0 Å². The Morgan fingerprint density at radius 2 is 1.92 bits per heavy atom. The summed E-state index contributed by atoms with van der Waals surface area (Å²) in [6.07, 6.45) is 4.32. The number of hydrogen-bond acceptors (Lipinski definition) is 2. The normalized spacial score (nSPS) is 8.23. The van der Waals surface area contributed by atoms with Gasteiger partial charge in [-0.15, -0.1) is 0 Å². The monoisotopic (exact) mass is 180 g/mol. The van der Waals surface area contributed by atoms with Crippen molar-refractivity contribution in [2.24, 2.45) is 0 Å². The van der Waals surface area contributed by atoms with Crippen molar-refractivity contribution < 1.29 is 4.39 Å². The van der Waals surface area contributed by atoms with Gasteiger partial charge in [0.05, 0.1) is 5.69 Å². The van der Waals surface area contributed by atoms with E-state index in [1.54, 1.807) is 0 Å². The molecule has 0 aliphatic rings. The summed E-state index contributed by atoms with van der Waals surface area (Å²) in [5.41, 5.74) is 0.572. The summed E-state index contributed by atoms with van der Waals surface area (Å²) in [7, 11) is 0. The first-order valence-electron chi connectivity index (χ1n) is 4.04. The van der Waals surface area contributed by atoms with Crippen molar-refractivity contribution in [2.45, 2.75) is 13.8 Å². The fraction of sp³-hybridized carbons (Fsp3) is 0.200. The maximum absolute atomic E-state index is 12.5. The highest BCUT2D eigenvalue weighted by Gasteiger charge is 2.03. The van der Waals surface area contributed by atoms with Crippen molar-refractivity contribution >= 4 is 11.9 Å². The fourth-order valence-electron chi connectivity index (χ4n) is 0.707. The second-order valence-electron chi connectivity index (χ2n) is 1.90. The molecule has 0 saturated carbocycles. The van der Waals surface area contributed by atoms with E-state index in [4.69, 9.17) is 0 Å². The van der Waals surface area contributed by atoms with Gasteiger partial charge in [0.25, 0.3) is 0 Å². The Kier molecular flexibility index (Phi) is 5.35. The van der Waals surface area contributed by atoms with Gasteiger partial charge in [0.2, 0.25) is 0 Å². The highest BCUT2D eigenvalue weighted by atomic mass is 19.1. The van der Waals surface area contributed by atoms with E-state index in [1.165, 1.54) is 18.5 Å². The quantitative estimate of drug-likeness (QED) is 0.699. The van der Waals surface area contributed by atoms with Crippen molar-refractivity contribution in [1.82, 2.24) is 9.97 Å². The molecule has 0 unspecified atom stereocenters. The van der Waals surface area contributed by atoms with E-state index in [2.05, 4.69) is 23.1 Å². The van der Waals surface area contributed by atoms with Crippen molar-refractivity contribution in [2.75, 3.05) is 0 Å². The van der Waals surface area contributed by atoms with Crippen LogP contribution in [0.15, 0.2) is 25.6 Å². The van der Waals surface area contributed by atoms with Crippen LogP contribution in [0, 0.1) is 0 Å². The smallest absolute Gasteiger partial charge is 0.143 e. The van der Waals surface area contributed by atoms with Gasteiger partial charge >= 0.3 is 0 Å². The van der Waals surface area contributed by atoms with Crippen LogP contribution in [0.25, 0.3) is 11.9 Å². The van der Waals surface area contributed by atoms with E-state index in [1.807, 2.05) is 13.8 Å². The number of aromatic nitrogens is 2. The molecule has 13 heavy (non-hydrogen) atoms. The Bertz CT molecular complexity index is 295. The standard InChI is InChI=1S/C8H7FN2.C2H6/c1-3-7-8(6(2)9)11-5-4-10-7;1-2/h3-5H,1-2H2;1-2H3. The fourth-order valence-corrected chi connectivity index (χ4v) is 0.707. The second-order valence-corrected chi connectivity index (χ2v) is 1.90. The third kappa shape index (κ3) is 3.15. The summed E-state index contributed by atoms with van der Waals surface area (Å²) in [4.78, 5) is 7.58. The molecule has 1 aromatic rings. The lowest BCUT2D eigenvalue weighted by molar-refractivity contribution is 0.753. The van der Waals surface area contributed by atoms with Crippen LogP contribution in [-0.2, 0) is 0 Å². The molecule has 1 aromatic heterocycles. The Morgan fingerprint density at radius 3 is 2.31 bits per heavy atom. The van der Waals surface area contributed by atoms with Crippen LogP contribution in [0.4, 0.5) is 4.39 Å². The maximum Gasteiger partial charge on any atom is 0.143 e. The summed E-state index contributed by atoms with van der Waals surface area (Å²) in [6.45, 7) is 10.6. The van der Waals surface area contributed by atoms with Crippen molar-refractivity contribution in [3.63, 3.8) is 0 Å². The van der Waals surface area contributed by atoms with Gasteiger partial charge in [0.15, 0.2) is 0 Å². The average molecular weight is 180 g/mol. The van der Waals surface area contributed by atoms with E-state index in [0.29, 0.717) is 5.69 Å². The van der Waals surface area contributed by atoms with E-state index >= 15 is 0 Å². The zero-order valence-corrected chi connectivity index (χ0v) is 7.92. The predicted molar refractivity (Wildman–Crippen MR) is 53.6 cm³/mol. The van der Waals surface area contributed by atoms with Crippen LogP contribution in [0.5, 0.6) is 0 Å². The van der Waals surface area contributed by atoms with Gasteiger partial charge in [-0.3, -0.25) is 4.98 Å². The highest BCUT2D eigenvalue weighted by Crippen LogP contribution is 2.13. The summed E-state index contributed by atoms with van der Waals surface area (Å²) in [5.74, 6) is -0.590. The third-order valence-corrected chi connectivity index (χ3v) is 1.18. The van der Waals surface area contributed by atoms with E-state index in [9.17, 15) is 4.39 Å². The van der Waals surface area contributed by atoms with E-state index in [-0.39, 0.29) is 5.69 Å². The maximum atomic E-state index is 12.5. The lowest BCUT2D eigenvalue weighted by atomic mass is 10.3. The van der Waals surface area contributed by atoms with Crippen molar-refractivity contribution in [1.29, 1.82) is 0 Å². The molecule has 2 nitrogen and oxygen atoms in total. The third-order valence-electron chi connectivity index (χ3n) is 1.18. The molecule has 0 aliphatic carbocycles. The van der Waals surface area contributed by atoms with Gasteiger partial charge in [-0.25, -0.2) is 9.37 Å². The SMILES string of the molecule is C=Cc1nccnc1C(=C)F.CC. The first-order valence-corrected chi connectivity index (χ1v) is 4.04. The molecule has 0 N–H and O–H groups in total. The number of rotatable bonds is 2. The molecule has 70 valence electrons. The molecule has 1 rings (SSSR count). The topological polar surface area (TPSA) is 25.8 Å². The zero-order chi connectivity index (χ0) is 10.3. The summed E-state index contributed by atoms with van der Waals surface area (Å²) in [6, 6.07) is 0. The van der Waals surface area contributed by atoms with Crippen LogP contribution < -0.4 is 0 Å². The minimum Gasteiger partial charge on any atom is -0.253 e. The molecule has 0 radical (unpaired) electrons. The molecular weight excluding hydrogens is 167 g/mol. The molecule has 0 spiro atoms. The minimum atomic E-state index is -0.590. The average Bonchev–Trinajstić information content (AvgIpc) is 2.20. The Morgan fingerprint density at radius 1 is 1.38 bits per heavy atom. The van der Waals surface area contributed by atoms with Gasteiger partial charge in [0, 0.05) is 12.4 Å². The van der Waals surface area contributed by atoms with E-state index < -0.39 is 5.83 Å². The Labute approximate surface area is 77.9 Å². The molecule has 0 atom stereocenters. The van der Waals surface area contributed by atoms with Crippen molar-refractivity contribution in [3.05, 3.63) is 36.9 Å². The Balaban J connectivity index is 0.000000671. The molecule has 0 amide bonds. The summed E-state index contributed by atoms with van der Waals surface area (Å²) < 4.78 is 12.5. The van der Waals surface area contributed by atoms with Crippen LogP contribution >= 0.6 is 0 Å². The Hall–Kier alpha value is -1.51. The molecular formula is C10H13FN2. The molecule has 0 fully saturated rings. The highest BCUT2D eigenvalue weighted by molar-refractivity contribution is 5.62. The first-order chi connectivity index (χ1) is 6.25. The first kappa shape index (κ1) is 11.5. The molecule has 0 saturated heterocycles. The van der Waals surface area contributed by atoms with Crippen LogP contribution in [-0.4, -0.2) is 9.97 Å². The van der Waals surface area contributed by atoms with E-state index in [0.717, 1.165) is 0 Å². The second kappa shape index (κ2) is 6.06. The number of halogens is 1. The lowest BCUT2D eigenvalue weighted by Crippen LogP contribution is -1.91. The van der Waals surface area contributed by atoms with Gasteiger partial charge in [-0.1, -0.05) is 27.0 Å². The van der Waals surface area contributed by atoms with Crippen molar-refractivity contribution in [3.8, 4) is 0 Å². The lowest BCUT2D eigenvalue weighted by Gasteiger charge is -1.97. The predicted octanol–water partition coefficient (Wildman–Crippen LogP) is 3.09. The van der Waals surface area contributed by atoms with Gasteiger partial charge in [0.1, 0.15) is 11.5 Å². The minimum absolute atomic E-state index is 0.155. The van der Waals surface area contributed by atoms with Gasteiger partial charge < -0.3 is 0 Å². The molecule has 3 heteroatoms. The number of hydrogen-bond donors (Lipinski definition) is 0. The van der Waals surface area contributed by atoms with Crippen LogP contribution in [0.3, 0.4) is 0 Å². The van der Waals surface area contributed by atoms with Crippen LogP contribution in [0.1, 0.15) is 25.2 Å². The zero-order valence-electron chi connectivity index (χ0n) is 7.92. The van der Waals surface area contributed by atoms with Crippen LogP contribution in [0.2, 0.25) is 0 Å². The molecule has 0 aromatic carbocycles. The number of nitrogens with zero attached hydrogens (tertiary/aromatic N) is 2.